The topological polar surface area (TPSA) is 96.2 Å². The molecule has 0 bridgehead atoms. The van der Waals surface area contributed by atoms with Crippen molar-refractivity contribution in [3.63, 3.8) is 0 Å². The van der Waals surface area contributed by atoms with Crippen LogP contribution in [0.3, 0.4) is 0 Å². The van der Waals surface area contributed by atoms with E-state index in [0.29, 0.717) is 26.2 Å². The molecule has 0 aliphatic heterocycles. The van der Waals surface area contributed by atoms with Crippen LogP contribution in [0.25, 0.3) is 0 Å². The minimum absolute atomic E-state index is 0.100. The summed E-state index contributed by atoms with van der Waals surface area (Å²) in [6.07, 6.45) is 0. The number of hydrogen-bond acceptors (Lipinski definition) is 6. The van der Waals surface area contributed by atoms with Gasteiger partial charge >= 0.3 is 0 Å². The lowest BCUT2D eigenvalue weighted by Crippen LogP contribution is -2.54. The third kappa shape index (κ3) is 9.36. The van der Waals surface area contributed by atoms with Crippen molar-refractivity contribution >= 4 is 0 Å². The SMILES string of the molecule is CC[N+](CCO)(CCO)CCNCCN(CCO)CCO. The first-order valence-corrected chi connectivity index (χ1v) is 7.89. The van der Waals surface area contributed by atoms with E-state index in [1.807, 2.05) is 4.90 Å². The molecule has 128 valence electrons. The van der Waals surface area contributed by atoms with Gasteiger partial charge in [-0.2, -0.15) is 0 Å². The summed E-state index contributed by atoms with van der Waals surface area (Å²) in [6, 6.07) is 0. The lowest BCUT2D eigenvalue weighted by Gasteiger charge is -2.37. The standard InChI is InChI=1S/C14H34N3O4/c1-2-17(9-13-20,10-14-21)8-4-15-3-5-16(6-11-18)7-12-19/h15,18-21H,2-14H2,1H3/q+1. The van der Waals surface area contributed by atoms with Crippen molar-refractivity contribution in [3.8, 4) is 0 Å². The summed E-state index contributed by atoms with van der Waals surface area (Å²) in [7, 11) is 0. The van der Waals surface area contributed by atoms with Crippen LogP contribution in [0.1, 0.15) is 6.92 Å². The van der Waals surface area contributed by atoms with Crippen LogP contribution >= 0.6 is 0 Å². The van der Waals surface area contributed by atoms with Gasteiger partial charge in [-0.1, -0.05) is 0 Å². The number of nitrogens with one attached hydrogen (secondary N) is 1. The lowest BCUT2D eigenvalue weighted by molar-refractivity contribution is -0.926. The van der Waals surface area contributed by atoms with Gasteiger partial charge in [0.05, 0.1) is 39.5 Å². The van der Waals surface area contributed by atoms with Gasteiger partial charge in [0.25, 0.3) is 0 Å². The van der Waals surface area contributed by atoms with E-state index in [2.05, 4.69) is 12.2 Å². The van der Waals surface area contributed by atoms with Gasteiger partial charge in [-0.25, -0.2) is 0 Å². The van der Waals surface area contributed by atoms with E-state index in [1.165, 1.54) is 0 Å². The Balaban J connectivity index is 3.97. The molecule has 7 nitrogen and oxygen atoms in total. The number of likely N-dealkylation sites (N-methyl/N-ethyl adjacent to an activating group) is 1. The summed E-state index contributed by atoms with van der Waals surface area (Å²) in [6.45, 7) is 9.19. The first-order chi connectivity index (χ1) is 10.2. The number of aliphatic hydroxyl groups is 4. The van der Waals surface area contributed by atoms with Crippen molar-refractivity contribution in [1.29, 1.82) is 0 Å². The molecule has 21 heavy (non-hydrogen) atoms. The van der Waals surface area contributed by atoms with E-state index in [0.717, 1.165) is 37.2 Å². The largest absolute Gasteiger partial charge is 0.395 e. The highest BCUT2D eigenvalue weighted by molar-refractivity contribution is 4.59. The Morgan fingerprint density at radius 1 is 0.762 bits per heavy atom. The molecule has 0 aromatic heterocycles. The molecule has 0 atom stereocenters. The first-order valence-electron chi connectivity index (χ1n) is 7.89. The van der Waals surface area contributed by atoms with E-state index in [4.69, 9.17) is 10.2 Å². The van der Waals surface area contributed by atoms with Gasteiger partial charge in [0.2, 0.25) is 0 Å². The van der Waals surface area contributed by atoms with Gasteiger partial charge in [0.15, 0.2) is 0 Å². The highest BCUT2D eigenvalue weighted by Crippen LogP contribution is 2.04. The second-order valence-corrected chi connectivity index (χ2v) is 5.31. The van der Waals surface area contributed by atoms with Crippen molar-refractivity contribution in [2.75, 3.05) is 85.3 Å². The summed E-state index contributed by atoms with van der Waals surface area (Å²) in [4.78, 5) is 2.01. The summed E-state index contributed by atoms with van der Waals surface area (Å²) in [5, 5.41) is 39.6. The van der Waals surface area contributed by atoms with Crippen molar-refractivity contribution < 1.29 is 24.9 Å². The Bertz CT molecular complexity index is 220. The molecule has 0 aromatic rings. The van der Waals surface area contributed by atoms with Crippen LogP contribution in [0, 0.1) is 0 Å². The zero-order chi connectivity index (χ0) is 16.0. The second-order valence-electron chi connectivity index (χ2n) is 5.31. The molecule has 0 fully saturated rings. The van der Waals surface area contributed by atoms with Gasteiger partial charge < -0.3 is 30.2 Å². The minimum atomic E-state index is 0.100. The zero-order valence-corrected chi connectivity index (χ0v) is 13.4. The molecule has 0 aliphatic rings. The van der Waals surface area contributed by atoms with Crippen molar-refractivity contribution in [3.05, 3.63) is 0 Å². The summed E-state index contributed by atoms with van der Waals surface area (Å²) in [5.74, 6) is 0. The maximum absolute atomic E-state index is 9.18. The number of quaternary nitrogens is 1. The molecule has 0 aliphatic carbocycles. The normalized spacial score (nSPS) is 12.3. The lowest BCUT2D eigenvalue weighted by atomic mass is 10.3. The van der Waals surface area contributed by atoms with Crippen LogP contribution in [-0.2, 0) is 0 Å². The van der Waals surface area contributed by atoms with Crippen LogP contribution in [0.4, 0.5) is 0 Å². The molecule has 7 heteroatoms. The van der Waals surface area contributed by atoms with Crippen molar-refractivity contribution in [2.24, 2.45) is 0 Å². The first kappa shape index (κ1) is 20.7. The van der Waals surface area contributed by atoms with Crippen LogP contribution in [0.15, 0.2) is 0 Å². The third-order valence-electron chi connectivity index (χ3n) is 4.02. The quantitative estimate of drug-likeness (QED) is 0.172. The molecule has 0 spiro atoms. The Morgan fingerprint density at radius 3 is 1.76 bits per heavy atom. The highest BCUT2D eigenvalue weighted by atomic mass is 16.3. The minimum Gasteiger partial charge on any atom is -0.395 e. The average molecular weight is 308 g/mol. The van der Waals surface area contributed by atoms with E-state index < -0.39 is 0 Å². The maximum atomic E-state index is 9.18. The molecule has 0 radical (unpaired) electrons. The Hall–Kier alpha value is -0.280. The smallest absolute Gasteiger partial charge is 0.102 e. The molecule has 0 rings (SSSR count). The third-order valence-corrected chi connectivity index (χ3v) is 4.02. The van der Waals surface area contributed by atoms with Gasteiger partial charge in [0.1, 0.15) is 13.1 Å². The number of rotatable bonds is 15. The Kier molecular flexibility index (Phi) is 13.2. The van der Waals surface area contributed by atoms with Crippen LogP contribution in [0.2, 0.25) is 0 Å². The fraction of sp³-hybridized carbons (Fsp3) is 1.00. The van der Waals surface area contributed by atoms with Gasteiger partial charge in [-0.05, 0) is 6.92 Å². The molecule has 0 unspecified atom stereocenters. The predicted molar refractivity (Wildman–Crippen MR) is 83.1 cm³/mol. The fourth-order valence-electron chi connectivity index (χ4n) is 2.53. The van der Waals surface area contributed by atoms with Crippen LogP contribution in [0.5, 0.6) is 0 Å². The van der Waals surface area contributed by atoms with E-state index in [1.54, 1.807) is 0 Å². The highest BCUT2D eigenvalue weighted by Gasteiger charge is 2.23. The molecule has 5 N–H and O–H groups in total. The molecular weight excluding hydrogens is 274 g/mol. The van der Waals surface area contributed by atoms with Crippen molar-refractivity contribution in [1.82, 2.24) is 10.2 Å². The monoisotopic (exact) mass is 308 g/mol. The number of nitrogens with zero attached hydrogens (tertiary/aromatic N) is 2. The van der Waals surface area contributed by atoms with Crippen LogP contribution < -0.4 is 5.32 Å². The van der Waals surface area contributed by atoms with E-state index >= 15 is 0 Å². The molecule has 0 amide bonds. The summed E-state index contributed by atoms with van der Waals surface area (Å²) in [5.41, 5.74) is 0. The van der Waals surface area contributed by atoms with Crippen molar-refractivity contribution in [2.45, 2.75) is 6.92 Å². The summed E-state index contributed by atoms with van der Waals surface area (Å²) < 4.78 is 0.719. The number of hydrogen-bond donors (Lipinski definition) is 5. The van der Waals surface area contributed by atoms with E-state index in [-0.39, 0.29) is 26.4 Å². The molecule has 0 saturated heterocycles. The Labute approximate surface area is 128 Å². The van der Waals surface area contributed by atoms with Gasteiger partial charge in [-0.3, -0.25) is 4.90 Å². The van der Waals surface area contributed by atoms with Crippen LogP contribution in [-0.4, -0.2) is 115 Å². The van der Waals surface area contributed by atoms with Gasteiger partial charge in [-0.15, -0.1) is 0 Å². The molecule has 0 aromatic carbocycles. The van der Waals surface area contributed by atoms with Gasteiger partial charge in [0, 0.05) is 32.7 Å². The molecular formula is C14H34N3O4+. The maximum Gasteiger partial charge on any atom is 0.102 e. The average Bonchev–Trinajstić information content (AvgIpc) is 2.47. The number of aliphatic hydroxyl groups excluding tert-OH is 4. The summed E-state index contributed by atoms with van der Waals surface area (Å²) >= 11 is 0. The Morgan fingerprint density at radius 2 is 1.33 bits per heavy atom. The molecule has 0 saturated carbocycles. The molecule has 0 heterocycles. The second kappa shape index (κ2) is 13.4. The predicted octanol–water partition coefficient (Wildman–Crippen LogP) is -2.32. The fourth-order valence-corrected chi connectivity index (χ4v) is 2.53. The zero-order valence-electron chi connectivity index (χ0n) is 13.4. The van der Waals surface area contributed by atoms with E-state index in [9.17, 15) is 10.2 Å².